The molecule has 0 N–H and O–H groups in total. The fraction of sp³-hybridized carbons (Fsp3) is 0.111. The van der Waals surface area contributed by atoms with Crippen molar-refractivity contribution in [2.75, 3.05) is 6.61 Å². The van der Waals surface area contributed by atoms with Crippen LogP contribution in [0.1, 0.15) is 17.3 Å². The second-order valence-corrected chi connectivity index (χ2v) is 5.57. The molecule has 28 heavy (non-hydrogen) atoms. The molecule has 0 fully saturated rings. The molecule has 0 aliphatic heterocycles. The second kappa shape index (κ2) is 7.66. The standard InChI is InChI=1S/C18H13N3O7/c1-2-27-18(22)15-16(11-5-3-7-13(9-11)20(23)24)19-28-17(15)12-6-4-8-14(10-12)21(25)26/h3-10H,2H2,1H3. The lowest BCUT2D eigenvalue weighted by molar-refractivity contribution is -0.385. The summed E-state index contributed by atoms with van der Waals surface area (Å²) in [5, 5.41) is 26.0. The number of rotatable bonds is 6. The Morgan fingerprint density at radius 3 is 2.18 bits per heavy atom. The first kappa shape index (κ1) is 18.7. The molecule has 1 heterocycles. The monoisotopic (exact) mass is 383 g/mol. The van der Waals surface area contributed by atoms with Gasteiger partial charge < -0.3 is 9.26 Å². The van der Waals surface area contributed by atoms with Gasteiger partial charge in [-0.15, -0.1) is 0 Å². The molecule has 3 aromatic rings. The minimum absolute atomic E-state index is 0.0244. The summed E-state index contributed by atoms with van der Waals surface area (Å²) in [6.07, 6.45) is 0. The molecular weight excluding hydrogens is 370 g/mol. The number of nitrogens with zero attached hydrogens (tertiary/aromatic N) is 3. The van der Waals surface area contributed by atoms with E-state index >= 15 is 0 Å². The number of nitro benzene ring substituents is 2. The molecule has 2 aromatic carbocycles. The molecule has 0 aliphatic carbocycles. The highest BCUT2D eigenvalue weighted by Crippen LogP contribution is 2.35. The number of hydrogen-bond acceptors (Lipinski definition) is 8. The van der Waals surface area contributed by atoms with E-state index in [0.717, 1.165) is 0 Å². The highest BCUT2D eigenvalue weighted by Gasteiger charge is 2.27. The Labute approximate surface area is 157 Å². The van der Waals surface area contributed by atoms with Crippen molar-refractivity contribution in [1.82, 2.24) is 5.16 Å². The predicted octanol–water partition coefficient (Wildman–Crippen LogP) is 4.00. The van der Waals surface area contributed by atoms with Gasteiger partial charge in [0.25, 0.3) is 11.4 Å². The molecule has 0 aliphatic rings. The molecule has 0 bridgehead atoms. The average Bonchev–Trinajstić information content (AvgIpc) is 3.13. The third kappa shape index (κ3) is 3.56. The molecular formula is C18H13N3O7. The first-order valence-corrected chi connectivity index (χ1v) is 8.08. The summed E-state index contributed by atoms with van der Waals surface area (Å²) >= 11 is 0. The zero-order chi connectivity index (χ0) is 20.3. The lowest BCUT2D eigenvalue weighted by Crippen LogP contribution is -2.06. The smallest absolute Gasteiger partial charge is 0.344 e. The average molecular weight is 383 g/mol. The summed E-state index contributed by atoms with van der Waals surface area (Å²) in [5.74, 6) is -0.782. The third-order valence-corrected chi connectivity index (χ3v) is 3.82. The van der Waals surface area contributed by atoms with Crippen molar-refractivity contribution in [2.45, 2.75) is 6.92 Å². The zero-order valence-electron chi connectivity index (χ0n) is 14.5. The van der Waals surface area contributed by atoms with Gasteiger partial charge in [-0.1, -0.05) is 29.4 Å². The van der Waals surface area contributed by atoms with E-state index < -0.39 is 15.8 Å². The molecule has 0 spiro atoms. The molecule has 0 unspecified atom stereocenters. The second-order valence-electron chi connectivity index (χ2n) is 5.57. The zero-order valence-corrected chi connectivity index (χ0v) is 14.5. The Morgan fingerprint density at radius 2 is 1.61 bits per heavy atom. The number of nitro groups is 2. The Bertz CT molecular complexity index is 1000. The van der Waals surface area contributed by atoms with Crippen LogP contribution in [0.2, 0.25) is 0 Å². The van der Waals surface area contributed by atoms with Crippen LogP contribution < -0.4 is 0 Å². The Morgan fingerprint density at radius 1 is 1.04 bits per heavy atom. The van der Waals surface area contributed by atoms with Gasteiger partial charge in [0, 0.05) is 35.4 Å². The predicted molar refractivity (Wildman–Crippen MR) is 96.6 cm³/mol. The molecule has 142 valence electrons. The third-order valence-electron chi connectivity index (χ3n) is 3.82. The van der Waals surface area contributed by atoms with Crippen LogP contribution in [0.25, 0.3) is 22.6 Å². The highest BCUT2D eigenvalue weighted by atomic mass is 16.6. The van der Waals surface area contributed by atoms with Crippen molar-refractivity contribution in [3.8, 4) is 22.6 Å². The van der Waals surface area contributed by atoms with Crippen molar-refractivity contribution < 1.29 is 23.9 Å². The van der Waals surface area contributed by atoms with Gasteiger partial charge in [0.05, 0.1) is 16.5 Å². The van der Waals surface area contributed by atoms with E-state index in [-0.39, 0.29) is 46.1 Å². The van der Waals surface area contributed by atoms with Crippen molar-refractivity contribution in [1.29, 1.82) is 0 Å². The minimum Gasteiger partial charge on any atom is -0.462 e. The summed E-state index contributed by atoms with van der Waals surface area (Å²) in [6.45, 7) is 1.69. The van der Waals surface area contributed by atoms with E-state index in [1.807, 2.05) is 0 Å². The molecule has 10 nitrogen and oxygen atoms in total. The molecule has 0 atom stereocenters. The molecule has 1 aromatic heterocycles. The Hall–Kier alpha value is -4.08. The summed E-state index contributed by atoms with van der Waals surface area (Å²) in [6, 6.07) is 11.0. The van der Waals surface area contributed by atoms with E-state index in [9.17, 15) is 25.0 Å². The summed E-state index contributed by atoms with van der Waals surface area (Å²) in [4.78, 5) is 33.5. The fourth-order valence-corrected chi connectivity index (χ4v) is 2.60. The number of aromatic nitrogens is 1. The summed E-state index contributed by atoms with van der Waals surface area (Å²) in [7, 11) is 0. The van der Waals surface area contributed by atoms with Gasteiger partial charge in [0.2, 0.25) is 0 Å². The topological polar surface area (TPSA) is 139 Å². The number of hydrogen-bond donors (Lipinski definition) is 0. The van der Waals surface area contributed by atoms with Crippen LogP contribution in [-0.2, 0) is 4.74 Å². The van der Waals surface area contributed by atoms with Crippen LogP contribution >= 0.6 is 0 Å². The first-order valence-electron chi connectivity index (χ1n) is 8.08. The van der Waals surface area contributed by atoms with Crippen molar-refractivity contribution in [2.24, 2.45) is 0 Å². The van der Waals surface area contributed by atoms with E-state index in [4.69, 9.17) is 9.26 Å². The number of carbonyl (C=O) groups is 1. The van der Waals surface area contributed by atoms with Gasteiger partial charge in [0.15, 0.2) is 5.76 Å². The molecule has 0 radical (unpaired) electrons. The fourth-order valence-electron chi connectivity index (χ4n) is 2.60. The van der Waals surface area contributed by atoms with Crippen molar-refractivity contribution >= 4 is 17.3 Å². The van der Waals surface area contributed by atoms with Crippen molar-refractivity contribution in [3.05, 3.63) is 74.3 Å². The van der Waals surface area contributed by atoms with Gasteiger partial charge in [-0.2, -0.15) is 0 Å². The first-order chi connectivity index (χ1) is 13.4. The molecule has 3 rings (SSSR count). The maximum atomic E-state index is 12.5. The number of non-ortho nitro benzene ring substituents is 2. The molecule has 0 saturated heterocycles. The molecule has 10 heteroatoms. The van der Waals surface area contributed by atoms with Crippen LogP contribution in [0.4, 0.5) is 11.4 Å². The molecule has 0 amide bonds. The van der Waals surface area contributed by atoms with Crippen LogP contribution in [0.5, 0.6) is 0 Å². The van der Waals surface area contributed by atoms with Gasteiger partial charge in [-0.3, -0.25) is 20.2 Å². The van der Waals surface area contributed by atoms with Gasteiger partial charge in [-0.05, 0) is 6.92 Å². The van der Waals surface area contributed by atoms with E-state index in [1.165, 1.54) is 48.5 Å². The quantitative estimate of drug-likeness (QED) is 0.353. The van der Waals surface area contributed by atoms with Crippen LogP contribution in [0.15, 0.2) is 53.1 Å². The number of ether oxygens (including phenoxy) is 1. The van der Waals surface area contributed by atoms with Crippen LogP contribution in [0.3, 0.4) is 0 Å². The largest absolute Gasteiger partial charge is 0.462 e. The highest BCUT2D eigenvalue weighted by molar-refractivity contribution is 6.02. The number of esters is 1. The Balaban J connectivity index is 2.19. The minimum atomic E-state index is -0.758. The van der Waals surface area contributed by atoms with Crippen molar-refractivity contribution in [3.63, 3.8) is 0 Å². The lowest BCUT2D eigenvalue weighted by atomic mass is 10.0. The van der Waals surface area contributed by atoms with E-state index in [1.54, 1.807) is 6.92 Å². The summed E-state index contributed by atoms with van der Waals surface area (Å²) < 4.78 is 10.4. The van der Waals surface area contributed by atoms with Gasteiger partial charge >= 0.3 is 5.97 Å². The van der Waals surface area contributed by atoms with Gasteiger partial charge in [-0.25, -0.2) is 4.79 Å². The Kier molecular flexibility index (Phi) is 5.12. The van der Waals surface area contributed by atoms with Crippen LogP contribution in [-0.4, -0.2) is 27.6 Å². The maximum Gasteiger partial charge on any atom is 0.344 e. The number of carbonyl (C=O) groups excluding carboxylic acids is 1. The normalized spacial score (nSPS) is 10.5. The number of benzene rings is 2. The van der Waals surface area contributed by atoms with E-state index in [0.29, 0.717) is 0 Å². The van der Waals surface area contributed by atoms with Crippen LogP contribution in [0, 0.1) is 20.2 Å². The van der Waals surface area contributed by atoms with E-state index in [2.05, 4.69) is 5.16 Å². The van der Waals surface area contributed by atoms with Gasteiger partial charge in [0.1, 0.15) is 11.3 Å². The summed E-state index contributed by atoms with van der Waals surface area (Å²) in [5.41, 5.74) is 0.124. The maximum absolute atomic E-state index is 12.5. The molecule has 0 saturated carbocycles. The lowest BCUT2D eigenvalue weighted by Gasteiger charge is -2.04. The SMILES string of the molecule is CCOC(=O)c1c(-c2cccc([N+](=O)[O-])c2)noc1-c1cccc([N+](=O)[O-])c1.